The van der Waals surface area contributed by atoms with E-state index in [9.17, 15) is 35.6 Å². The van der Waals surface area contributed by atoms with Crippen LogP contribution in [0.2, 0.25) is 0 Å². The number of sulfonamides is 1. The zero-order valence-corrected chi connectivity index (χ0v) is 17.7. The van der Waals surface area contributed by atoms with Crippen LogP contribution in [0.25, 0.3) is 0 Å². The van der Waals surface area contributed by atoms with E-state index in [2.05, 4.69) is 5.43 Å². The molecular weight excluding hydrogens is 462 g/mol. The number of benzene rings is 1. The number of hydrogen-bond acceptors (Lipinski definition) is 7. The first-order valence-electron chi connectivity index (χ1n) is 9.46. The quantitative estimate of drug-likeness (QED) is 0.559. The van der Waals surface area contributed by atoms with E-state index in [1.807, 2.05) is 5.32 Å². The summed E-state index contributed by atoms with van der Waals surface area (Å²) in [6, 6.07) is 1.85. The molecule has 2 aliphatic heterocycles. The molecule has 1 aromatic carbocycles. The summed E-state index contributed by atoms with van der Waals surface area (Å²) in [5.41, 5.74) is 2.14. The van der Waals surface area contributed by atoms with Gasteiger partial charge in [-0.2, -0.15) is 8.78 Å². The van der Waals surface area contributed by atoms with Crippen molar-refractivity contribution in [3.8, 4) is 0 Å². The van der Waals surface area contributed by atoms with Gasteiger partial charge in [-0.3, -0.25) is 9.69 Å². The standard InChI is InChI=1S/C17H21F4N5O5S/c1-32(29,30)26-5-4-24(3-2-23-26)14-12(18)6-10(7-13(14)19)25-9-11(31-17(25)28)8-22-16(27)15(20)21/h6-7,11,15,23H,2-5,8-9H2,1H3,(H,22,27). The first-order valence-corrected chi connectivity index (χ1v) is 11.3. The molecule has 2 aliphatic rings. The van der Waals surface area contributed by atoms with Crippen molar-refractivity contribution in [2.45, 2.75) is 12.5 Å². The Morgan fingerprint density at radius 3 is 2.50 bits per heavy atom. The molecule has 1 atom stereocenters. The summed E-state index contributed by atoms with van der Waals surface area (Å²) in [5.74, 6) is -3.48. The van der Waals surface area contributed by atoms with Crippen LogP contribution in [0.1, 0.15) is 0 Å². The number of hydrogen-bond donors (Lipinski definition) is 2. The van der Waals surface area contributed by atoms with E-state index in [4.69, 9.17) is 4.74 Å². The second kappa shape index (κ2) is 9.46. The number of nitrogens with one attached hydrogen (secondary N) is 2. The fourth-order valence-electron chi connectivity index (χ4n) is 3.36. The van der Waals surface area contributed by atoms with Crippen molar-refractivity contribution in [3.05, 3.63) is 23.8 Å². The molecule has 2 N–H and O–H groups in total. The molecule has 2 amide bonds. The molecular formula is C17H21F4N5O5S. The molecule has 2 fully saturated rings. The Labute approximate surface area is 181 Å². The summed E-state index contributed by atoms with van der Waals surface area (Å²) in [5, 5.41) is 1.91. The van der Waals surface area contributed by atoms with Gasteiger partial charge in [0.15, 0.2) is 11.6 Å². The molecule has 0 spiro atoms. The Morgan fingerprint density at radius 1 is 1.25 bits per heavy atom. The lowest BCUT2D eigenvalue weighted by Gasteiger charge is -2.24. The van der Waals surface area contributed by atoms with Gasteiger partial charge in [0.05, 0.1) is 25.0 Å². The summed E-state index contributed by atoms with van der Waals surface area (Å²) >= 11 is 0. The summed E-state index contributed by atoms with van der Waals surface area (Å²) in [4.78, 5) is 25.3. The zero-order valence-electron chi connectivity index (χ0n) is 16.9. The molecule has 32 heavy (non-hydrogen) atoms. The van der Waals surface area contributed by atoms with Crippen LogP contribution >= 0.6 is 0 Å². The number of carbonyl (C=O) groups excluding carboxylic acids is 2. The van der Waals surface area contributed by atoms with Gasteiger partial charge in [0.25, 0.3) is 5.91 Å². The Morgan fingerprint density at radius 2 is 1.91 bits per heavy atom. The van der Waals surface area contributed by atoms with Crippen LogP contribution in [-0.2, 0) is 19.6 Å². The van der Waals surface area contributed by atoms with Crippen molar-refractivity contribution in [2.24, 2.45) is 0 Å². The minimum absolute atomic E-state index is 0.0188. The van der Waals surface area contributed by atoms with Crippen molar-refractivity contribution in [2.75, 3.05) is 55.3 Å². The number of hydrazine groups is 1. The topological polar surface area (TPSA) is 111 Å². The Hall–Kier alpha value is -2.65. The molecule has 2 saturated heterocycles. The fraction of sp³-hybridized carbons (Fsp3) is 0.529. The number of anilines is 2. The highest BCUT2D eigenvalue weighted by molar-refractivity contribution is 7.88. The Balaban J connectivity index is 1.72. The largest absolute Gasteiger partial charge is 0.442 e. The smallest absolute Gasteiger partial charge is 0.414 e. The Bertz CT molecular complexity index is 973. The number of carbonyl (C=O) groups is 2. The minimum atomic E-state index is -3.54. The van der Waals surface area contributed by atoms with Gasteiger partial charge in [0.2, 0.25) is 10.0 Å². The number of rotatable bonds is 6. The van der Waals surface area contributed by atoms with Crippen LogP contribution in [0.5, 0.6) is 0 Å². The van der Waals surface area contributed by atoms with E-state index < -0.39 is 46.2 Å². The molecule has 0 radical (unpaired) electrons. The van der Waals surface area contributed by atoms with Gasteiger partial charge >= 0.3 is 12.5 Å². The molecule has 1 unspecified atom stereocenters. The normalized spacial score (nSPS) is 20.4. The highest BCUT2D eigenvalue weighted by Crippen LogP contribution is 2.31. The third-order valence-electron chi connectivity index (χ3n) is 4.85. The third-order valence-corrected chi connectivity index (χ3v) is 5.96. The predicted octanol–water partition coefficient (Wildman–Crippen LogP) is 0.258. The molecule has 2 heterocycles. The summed E-state index contributed by atoms with van der Waals surface area (Å²) in [7, 11) is -3.54. The molecule has 15 heteroatoms. The number of cyclic esters (lactones) is 1. The summed E-state index contributed by atoms with van der Waals surface area (Å²) in [6.07, 6.45) is -4.14. The average Bonchev–Trinajstić information content (AvgIpc) is 2.89. The number of halogens is 4. The van der Waals surface area contributed by atoms with Crippen LogP contribution in [0.3, 0.4) is 0 Å². The number of amides is 2. The first kappa shape index (κ1) is 24.0. The molecule has 0 aliphatic carbocycles. The van der Waals surface area contributed by atoms with Crippen molar-refractivity contribution in [1.29, 1.82) is 0 Å². The Kier molecular flexibility index (Phi) is 7.09. The fourth-order valence-corrected chi connectivity index (χ4v) is 4.10. The van der Waals surface area contributed by atoms with Gasteiger partial charge in [-0.15, -0.1) is 4.41 Å². The highest BCUT2D eigenvalue weighted by atomic mass is 32.2. The lowest BCUT2D eigenvalue weighted by Crippen LogP contribution is -2.42. The SMILES string of the molecule is CS(=O)(=O)N1CCN(c2c(F)cc(N3CC(CNC(=O)C(F)F)OC3=O)cc2F)CCN1. The maximum atomic E-state index is 14.8. The second-order valence-electron chi connectivity index (χ2n) is 7.15. The van der Waals surface area contributed by atoms with E-state index in [0.29, 0.717) is 0 Å². The van der Waals surface area contributed by atoms with E-state index in [1.165, 1.54) is 4.90 Å². The van der Waals surface area contributed by atoms with E-state index in [1.54, 1.807) is 0 Å². The van der Waals surface area contributed by atoms with Gasteiger partial charge in [-0.1, -0.05) is 0 Å². The number of nitrogens with zero attached hydrogens (tertiary/aromatic N) is 3. The molecule has 10 nitrogen and oxygen atoms in total. The average molecular weight is 483 g/mol. The molecule has 3 rings (SSSR count). The molecule has 1 aromatic rings. The van der Waals surface area contributed by atoms with Crippen molar-refractivity contribution in [3.63, 3.8) is 0 Å². The maximum Gasteiger partial charge on any atom is 0.414 e. The van der Waals surface area contributed by atoms with Crippen molar-refractivity contribution >= 4 is 33.4 Å². The van der Waals surface area contributed by atoms with Crippen LogP contribution in [0.4, 0.5) is 33.7 Å². The molecule has 0 bridgehead atoms. The van der Waals surface area contributed by atoms with Crippen molar-refractivity contribution < 1.29 is 40.3 Å². The van der Waals surface area contributed by atoms with E-state index >= 15 is 0 Å². The monoisotopic (exact) mass is 483 g/mol. The van der Waals surface area contributed by atoms with E-state index in [0.717, 1.165) is 27.7 Å². The van der Waals surface area contributed by atoms with Crippen LogP contribution in [-0.4, -0.2) is 82.9 Å². The summed E-state index contributed by atoms with van der Waals surface area (Å²) in [6.45, 7) is -0.368. The van der Waals surface area contributed by atoms with Gasteiger partial charge in [-0.05, 0) is 0 Å². The minimum Gasteiger partial charge on any atom is -0.442 e. The van der Waals surface area contributed by atoms with E-state index in [-0.39, 0.29) is 50.6 Å². The molecule has 0 saturated carbocycles. The lowest BCUT2D eigenvalue weighted by atomic mass is 10.2. The lowest BCUT2D eigenvalue weighted by molar-refractivity contribution is -0.132. The van der Waals surface area contributed by atoms with Crippen LogP contribution in [0.15, 0.2) is 12.1 Å². The number of ether oxygens (including phenoxy) is 1. The maximum absolute atomic E-state index is 14.8. The van der Waals surface area contributed by atoms with Crippen LogP contribution in [0, 0.1) is 11.6 Å². The molecule has 0 aromatic heterocycles. The highest BCUT2D eigenvalue weighted by Gasteiger charge is 2.34. The predicted molar refractivity (Wildman–Crippen MR) is 105 cm³/mol. The number of alkyl halides is 2. The third kappa shape index (κ3) is 5.39. The van der Waals surface area contributed by atoms with Gasteiger partial charge < -0.3 is 15.0 Å². The van der Waals surface area contributed by atoms with Gasteiger partial charge in [0.1, 0.15) is 11.8 Å². The van der Waals surface area contributed by atoms with Crippen LogP contribution < -0.4 is 20.5 Å². The van der Waals surface area contributed by atoms with Crippen molar-refractivity contribution in [1.82, 2.24) is 15.2 Å². The second-order valence-corrected chi connectivity index (χ2v) is 9.06. The van der Waals surface area contributed by atoms with Gasteiger partial charge in [0, 0.05) is 38.3 Å². The summed E-state index contributed by atoms with van der Waals surface area (Å²) < 4.78 is 83.4. The zero-order chi connectivity index (χ0) is 23.6. The first-order chi connectivity index (χ1) is 15.0. The molecule has 178 valence electrons. The van der Waals surface area contributed by atoms with Gasteiger partial charge in [-0.25, -0.2) is 27.4 Å².